The summed E-state index contributed by atoms with van der Waals surface area (Å²) in [6.07, 6.45) is 0.636. The Balaban J connectivity index is 1.39. The number of hydrogen-bond acceptors (Lipinski definition) is 6. The van der Waals surface area contributed by atoms with Crippen LogP contribution in [0.2, 0.25) is 0 Å². The third-order valence-electron chi connectivity index (χ3n) is 6.60. The zero-order valence-electron chi connectivity index (χ0n) is 22.8. The summed E-state index contributed by atoms with van der Waals surface area (Å²) in [5, 5.41) is 13.5. The van der Waals surface area contributed by atoms with Gasteiger partial charge in [-0.2, -0.15) is 18.3 Å². The molecule has 0 aliphatic heterocycles. The fraction of sp³-hybridized carbons (Fsp3) is 0.357. The molecule has 9 nitrogen and oxygen atoms in total. The number of hydrogen-bond donors (Lipinski definition) is 3. The lowest BCUT2D eigenvalue weighted by Gasteiger charge is -2.17. The van der Waals surface area contributed by atoms with Gasteiger partial charge in [0.2, 0.25) is 0 Å². The Morgan fingerprint density at radius 3 is 2.49 bits per heavy atom. The highest BCUT2D eigenvalue weighted by atomic mass is 19.4. The van der Waals surface area contributed by atoms with Gasteiger partial charge in [-0.3, -0.25) is 5.32 Å². The summed E-state index contributed by atoms with van der Waals surface area (Å²) in [7, 11) is 0. The van der Waals surface area contributed by atoms with Crippen LogP contribution in [0.3, 0.4) is 0 Å². The van der Waals surface area contributed by atoms with Crippen molar-refractivity contribution in [2.24, 2.45) is 0 Å². The number of carbonyl (C=O) groups excluding carboxylic acids is 1. The molecule has 13 heteroatoms. The summed E-state index contributed by atoms with van der Waals surface area (Å²) in [4.78, 5) is 23.3. The van der Waals surface area contributed by atoms with E-state index in [-0.39, 0.29) is 0 Å². The van der Waals surface area contributed by atoms with Crippen LogP contribution in [0, 0.1) is 5.82 Å². The van der Waals surface area contributed by atoms with Gasteiger partial charge in [0, 0.05) is 17.4 Å². The largest absolute Gasteiger partial charge is 0.416 e. The molecule has 41 heavy (non-hydrogen) atoms. The van der Waals surface area contributed by atoms with Crippen molar-refractivity contribution in [2.75, 3.05) is 36.8 Å². The summed E-state index contributed by atoms with van der Waals surface area (Å²) in [5.74, 6) is -0.984. The van der Waals surface area contributed by atoms with E-state index in [1.54, 1.807) is 35.1 Å². The molecule has 0 saturated heterocycles. The molecule has 3 N–H and O–H groups in total. The summed E-state index contributed by atoms with van der Waals surface area (Å²) in [6.45, 7) is 8.83. The minimum absolute atomic E-state index is 0.352. The van der Waals surface area contributed by atoms with Gasteiger partial charge >= 0.3 is 12.2 Å². The number of halogens is 4. The number of rotatable bonds is 12. The van der Waals surface area contributed by atoms with Gasteiger partial charge in [-0.05, 0) is 69.4 Å². The molecular formula is C28H32F4N8O. The highest BCUT2D eigenvalue weighted by molar-refractivity contribution is 6.00. The Morgan fingerprint density at radius 1 is 1.02 bits per heavy atom. The van der Waals surface area contributed by atoms with Gasteiger partial charge in [-0.1, -0.05) is 26.0 Å². The molecule has 2 aromatic carbocycles. The first kappa shape index (κ1) is 29.9. The monoisotopic (exact) mass is 572 g/mol. The van der Waals surface area contributed by atoms with Crippen LogP contribution in [0.15, 0.2) is 55.0 Å². The van der Waals surface area contributed by atoms with Crippen LogP contribution in [0.4, 0.5) is 33.7 Å². The normalized spacial score (nSPS) is 11.8. The van der Waals surface area contributed by atoms with Gasteiger partial charge in [0.25, 0.3) is 0 Å². The molecule has 0 atom stereocenters. The molecule has 4 aromatic rings. The van der Waals surface area contributed by atoms with Gasteiger partial charge in [0.05, 0.1) is 23.3 Å². The topological polar surface area (TPSA) is 100 Å². The number of benzene rings is 2. The maximum atomic E-state index is 14.0. The highest BCUT2D eigenvalue weighted by Gasteiger charge is 2.31. The Bertz CT molecular complexity index is 1450. The molecule has 218 valence electrons. The van der Waals surface area contributed by atoms with Crippen LogP contribution < -0.4 is 16.0 Å². The molecule has 2 aromatic heterocycles. The van der Waals surface area contributed by atoms with Crippen molar-refractivity contribution in [1.29, 1.82) is 0 Å². The van der Waals surface area contributed by atoms with Crippen molar-refractivity contribution in [2.45, 2.75) is 39.5 Å². The first-order valence-electron chi connectivity index (χ1n) is 13.3. The van der Waals surface area contributed by atoms with Crippen LogP contribution in [-0.2, 0) is 12.8 Å². The fourth-order valence-corrected chi connectivity index (χ4v) is 4.34. The zero-order valence-corrected chi connectivity index (χ0v) is 22.8. The molecule has 0 aliphatic carbocycles. The van der Waals surface area contributed by atoms with Gasteiger partial charge in [-0.15, -0.1) is 0 Å². The lowest BCUT2D eigenvalue weighted by Crippen LogP contribution is -2.25. The van der Waals surface area contributed by atoms with Gasteiger partial charge in [0.1, 0.15) is 17.8 Å². The second kappa shape index (κ2) is 13.5. The molecule has 0 radical (unpaired) electrons. The van der Waals surface area contributed by atoms with E-state index in [4.69, 9.17) is 5.10 Å². The van der Waals surface area contributed by atoms with E-state index >= 15 is 0 Å². The van der Waals surface area contributed by atoms with Crippen LogP contribution in [-0.4, -0.2) is 56.9 Å². The van der Waals surface area contributed by atoms with Crippen molar-refractivity contribution in [3.63, 3.8) is 0 Å². The van der Waals surface area contributed by atoms with Crippen molar-refractivity contribution < 1.29 is 22.4 Å². The number of urea groups is 1. The first-order chi connectivity index (χ1) is 19.7. The quantitative estimate of drug-likeness (QED) is 0.143. The number of nitrogens with zero attached hydrogens (tertiary/aromatic N) is 5. The predicted molar refractivity (Wildman–Crippen MR) is 150 cm³/mol. The van der Waals surface area contributed by atoms with E-state index in [0.717, 1.165) is 50.0 Å². The van der Waals surface area contributed by atoms with Crippen molar-refractivity contribution >= 4 is 28.4 Å². The predicted octanol–water partition coefficient (Wildman–Crippen LogP) is 5.96. The number of alkyl halides is 3. The third-order valence-corrected chi connectivity index (χ3v) is 6.60. The minimum Gasteiger partial charge on any atom is -0.308 e. The molecule has 0 unspecified atom stereocenters. The molecule has 2 amide bonds. The number of unbranched alkanes of at least 4 members (excludes halogenated alkanes) is 1. The first-order valence-corrected chi connectivity index (χ1v) is 13.3. The summed E-state index contributed by atoms with van der Waals surface area (Å²) in [6, 6.07) is 7.62. The summed E-state index contributed by atoms with van der Waals surface area (Å²) < 4.78 is 54.6. The third kappa shape index (κ3) is 7.76. The molecule has 4 rings (SSSR count). The number of carbonyl (C=O) groups is 1. The van der Waals surface area contributed by atoms with E-state index in [2.05, 4.69) is 44.7 Å². The average Bonchev–Trinajstić information content (AvgIpc) is 3.32. The average molecular weight is 573 g/mol. The van der Waals surface area contributed by atoms with Gasteiger partial charge in [0.15, 0.2) is 5.65 Å². The number of nitrogens with one attached hydrogen (secondary N) is 3. The number of fused-ring (bicyclic) bond motifs is 1. The molecule has 0 spiro atoms. The fourth-order valence-electron chi connectivity index (χ4n) is 4.34. The molecule has 0 fully saturated rings. The molecule has 2 heterocycles. The van der Waals surface area contributed by atoms with Crippen LogP contribution in [0.5, 0.6) is 0 Å². The van der Waals surface area contributed by atoms with Crippen molar-refractivity contribution in [3.05, 3.63) is 66.4 Å². The smallest absolute Gasteiger partial charge is 0.308 e. The summed E-state index contributed by atoms with van der Waals surface area (Å²) in [5.41, 5.74) is 0.784. The zero-order chi connectivity index (χ0) is 29.4. The van der Waals surface area contributed by atoms with Crippen LogP contribution in [0.1, 0.15) is 32.3 Å². The molecule has 0 aliphatic rings. The number of amides is 2. The van der Waals surface area contributed by atoms with Gasteiger partial charge < -0.3 is 15.5 Å². The van der Waals surface area contributed by atoms with Gasteiger partial charge in [-0.25, -0.2) is 23.8 Å². The second-order valence-corrected chi connectivity index (χ2v) is 9.35. The maximum absolute atomic E-state index is 14.0. The van der Waals surface area contributed by atoms with E-state index in [1.807, 2.05) is 0 Å². The standard InChI is InChI=1S/C28H32F4N8O/c1-3-39(4-2)14-6-5-13-33-18-40-26-22(16-34-17-35-26)25(38-40)19-7-10-21(11-8-19)36-27(41)37-24-15-20(28(30,31)32)9-12-23(24)29/h7-12,15-17,33H,3-6,13-14,18H2,1-2H3,(H2,36,37,41). The molecular weight excluding hydrogens is 540 g/mol. The van der Waals surface area contributed by atoms with E-state index in [9.17, 15) is 22.4 Å². The SMILES string of the molecule is CCN(CC)CCCCNCn1nc(-c2ccc(NC(=O)Nc3cc(C(F)(F)F)ccc3F)cc2)c2cncnc21. The van der Waals surface area contributed by atoms with Crippen LogP contribution in [0.25, 0.3) is 22.3 Å². The van der Waals surface area contributed by atoms with Crippen LogP contribution >= 0.6 is 0 Å². The Kier molecular flexibility index (Phi) is 9.84. The molecule has 0 saturated carbocycles. The Hall–Kier alpha value is -4.10. The molecule has 0 bridgehead atoms. The maximum Gasteiger partial charge on any atom is 0.416 e. The number of aromatic nitrogens is 4. The minimum atomic E-state index is -4.67. The van der Waals surface area contributed by atoms with E-state index in [0.29, 0.717) is 41.9 Å². The Labute approximate surface area is 235 Å². The van der Waals surface area contributed by atoms with E-state index < -0.39 is 29.3 Å². The van der Waals surface area contributed by atoms with E-state index in [1.165, 1.54) is 6.33 Å². The number of anilines is 2. The second-order valence-electron chi connectivity index (χ2n) is 9.35. The summed E-state index contributed by atoms with van der Waals surface area (Å²) >= 11 is 0. The highest BCUT2D eigenvalue weighted by Crippen LogP contribution is 2.32. The van der Waals surface area contributed by atoms with Crippen molar-refractivity contribution in [3.8, 4) is 11.3 Å². The lowest BCUT2D eigenvalue weighted by molar-refractivity contribution is -0.137. The lowest BCUT2D eigenvalue weighted by atomic mass is 10.1. The van der Waals surface area contributed by atoms with Crippen molar-refractivity contribution in [1.82, 2.24) is 30.0 Å². The Morgan fingerprint density at radius 2 is 1.78 bits per heavy atom.